The van der Waals surface area contributed by atoms with Crippen molar-refractivity contribution in [1.82, 2.24) is 14.2 Å². The Bertz CT molecular complexity index is 1300. The van der Waals surface area contributed by atoms with Gasteiger partial charge in [0.2, 0.25) is 10.0 Å². The number of thiazole rings is 1. The van der Waals surface area contributed by atoms with E-state index in [1.165, 1.54) is 18.4 Å². The Morgan fingerprint density at radius 3 is 2.69 bits per heavy atom. The number of carbonyl (C=O) groups excluding carboxylic acids is 1. The predicted octanol–water partition coefficient (Wildman–Crippen LogP) is 3.41. The van der Waals surface area contributed by atoms with Crippen LogP contribution in [0.5, 0.6) is 5.75 Å². The zero-order valence-corrected chi connectivity index (χ0v) is 19.4. The zero-order chi connectivity index (χ0) is 22.5. The second-order valence-electron chi connectivity index (χ2n) is 8.07. The largest absolute Gasteiger partial charge is 0.496 e. The van der Waals surface area contributed by atoms with Gasteiger partial charge in [0.05, 0.1) is 40.4 Å². The third-order valence-corrected chi connectivity index (χ3v) is 9.07. The van der Waals surface area contributed by atoms with E-state index in [1.807, 2.05) is 30.5 Å². The molecular weight excluding hydrogens is 446 g/mol. The molecule has 2 aliphatic heterocycles. The van der Waals surface area contributed by atoms with Crippen LogP contribution in [0, 0.1) is 6.92 Å². The number of ether oxygens (including phenoxy) is 1. The molecule has 166 valence electrons. The fourth-order valence-corrected chi connectivity index (χ4v) is 7.44. The molecule has 3 aromatic rings. The van der Waals surface area contributed by atoms with Gasteiger partial charge in [-0.1, -0.05) is 30.3 Å². The summed E-state index contributed by atoms with van der Waals surface area (Å²) in [5.74, 6) is 0.346. The van der Waals surface area contributed by atoms with Crippen LogP contribution in [-0.2, 0) is 22.1 Å². The Morgan fingerprint density at radius 1 is 1.19 bits per heavy atom. The molecule has 0 N–H and O–H groups in total. The molecule has 5 rings (SSSR count). The molecule has 1 atom stereocenters. The van der Waals surface area contributed by atoms with Crippen LogP contribution in [0.15, 0.2) is 58.8 Å². The Kier molecular flexibility index (Phi) is 5.07. The van der Waals surface area contributed by atoms with Crippen molar-refractivity contribution in [3.8, 4) is 5.75 Å². The quantitative estimate of drug-likeness (QED) is 0.585. The number of amides is 1. The van der Waals surface area contributed by atoms with Crippen molar-refractivity contribution in [1.29, 1.82) is 0 Å². The second-order valence-corrected chi connectivity index (χ2v) is 11.0. The minimum absolute atomic E-state index is 0.162. The molecule has 0 aliphatic carbocycles. The number of methoxy groups -OCH3 is 1. The van der Waals surface area contributed by atoms with E-state index in [2.05, 4.69) is 4.98 Å². The number of hydrogen-bond donors (Lipinski definition) is 0. The topological polar surface area (TPSA) is 79.8 Å². The number of sulfonamides is 1. The minimum Gasteiger partial charge on any atom is -0.496 e. The highest BCUT2D eigenvalue weighted by atomic mass is 32.2. The molecule has 1 saturated heterocycles. The summed E-state index contributed by atoms with van der Waals surface area (Å²) >= 11 is 1.50. The average Bonchev–Trinajstić information content (AvgIpc) is 3.47. The van der Waals surface area contributed by atoms with Crippen molar-refractivity contribution < 1.29 is 17.9 Å². The van der Waals surface area contributed by atoms with Crippen LogP contribution >= 0.6 is 11.3 Å². The maximum atomic E-state index is 13.6. The van der Waals surface area contributed by atoms with Gasteiger partial charge in [-0.3, -0.25) is 4.79 Å². The van der Waals surface area contributed by atoms with Gasteiger partial charge in [-0.05, 0) is 37.1 Å². The summed E-state index contributed by atoms with van der Waals surface area (Å²) < 4.78 is 34.1. The van der Waals surface area contributed by atoms with Crippen LogP contribution < -0.4 is 4.74 Å². The highest BCUT2D eigenvalue weighted by Gasteiger charge is 2.57. The molecule has 9 heteroatoms. The first kappa shape index (κ1) is 21.1. The van der Waals surface area contributed by atoms with Crippen LogP contribution in [0.1, 0.15) is 33.0 Å². The zero-order valence-electron chi connectivity index (χ0n) is 17.8. The van der Waals surface area contributed by atoms with Crippen molar-refractivity contribution in [2.24, 2.45) is 0 Å². The molecule has 2 aliphatic rings. The minimum atomic E-state index is -3.72. The molecule has 0 radical (unpaired) electrons. The Hall–Kier alpha value is -2.75. The van der Waals surface area contributed by atoms with Gasteiger partial charge in [0.1, 0.15) is 5.75 Å². The fraction of sp³-hybridized carbons (Fsp3) is 0.304. The third kappa shape index (κ3) is 3.15. The van der Waals surface area contributed by atoms with E-state index >= 15 is 0 Å². The van der Waals surface area contributed by atoms with Crippen molar-refractivity contribution >= 4 is 27.3 Å². The summed E-state index contributed by atoms with van der Waals surface area (Å²) in [7, 11) is -2.18. The first-order valence-electron chi connectivity index (χ1n) is 10.3. The summed E-state index contributed by atoms with van der Waals surface area (Å²) in [6.45, 7) is 2.81. The number of nitrogens with zero attached hydrogens (tertiary/aromatic N) is 3. The first-order valence-corrected chi connectivity index (χ1v) is 12.6. The van der Waals surface area contributed by atoms with Crippen molar-refractivity contribution in [2.75, 3.05) is 20.2 Å². The van der Waals surface area contributed by atoms with Crippen LogP contribution in [0.25, 0.3) is 0 Å². The van der Waals surface area contributed by atoms with Crippen LogP contribution in [0.4, 0.5) is 0 Å². The van der Waals surface area contributed by atoms with E-state index in [0.717, 1.165) is 16.3 Å². The van der Waals surface area contributed by atoms with Crippen LogP contribution in [-0.4, -0.2) is 48.7 Å². The van der Waals surface area contributed by atoms with Gasteiger partial charge >= 0.3 is 0 Å². The molecule has 3 heterocycles. The van der Waals surface area contributed by atoms with Gasteiger partial charge in [-0.15, -0.1) is 11.3 Å². The molecule has 1 aromatic heterocycles. The standard InChI is InChI=1S/C23H23N3O4S2/c1-16-24-17(14-31-16)13-26-23(19-8-4-6-10-21(19)32(26,28)29)11-12-25(15-23)22(27)18-7-3-5-9-20(18)30-2/h3-10,14H,11-13,15H2,1-2H3. The van der Waals surface area contributed by atoms with Crippen molar-refractivity contribution in [2.45, 2.75) is 30.3 Å². The molecule has 1 amide bonds. The Morgan fingerprint density at radius 2 is 1.94 bits per heavy atom. The molecular formula is C23H23N3O4S2. The Labute approximate surface area is 191 Å². The lowest BCUT2D eigenvalue weighted by Gasteiger charge is -2.33. The second kappa shape index (κ2) is 7.68. The summed E-state index contributed by atoms with van der Waals surface area (Å²) in [6.07, 6.45) is 0.521. The van der Waals surface area contributed by atoms with Crippen LogP contribution in [0.2, 0.25) is 0 Å². The number of aryl methyl sites for hydroxylation is 1. The fourth-order valence-electron chi connectivity index (χ4n) is 4.81. The normalized spacial score (nSPS) is 21.8. The molecule has 7 nitrogen and oxygen atoms in total. The summed E-state index contributed by atoms with van der Waals surface area (Å²) in [6, 6.07) is 14.2. The van der Waals surface area contributed by atoms with Gasteiger partial charge in [0.15, 0.2) is 0 Å². The first-order chi connectivity index (χ1) is 15.4. The van der Waals surface area contributed by atoms with Gasteiger partial charge < -0.3 is 9.64 Å². The van der Waals surface area contributed by atoms with E-state index < -0.39 is 15.6 Å². The number of rotatable bonds is 4. The highest BCUT2D eigenvalue weighted by Crippen LogP contribution is 2.50. The molecule has 0 saturated carbocycles. The van der Waals surface area contributed by atoms with Gasteiger partial charge in [0.25, 0.3) is 5.91 Å². The van der Waals surface area contributed by atoms with E-state index in [-0.39, 0.29) is 19.0 Å². The molecule has 0 bridgehead atoms. The number of para-hydroxylation sites is 1. The number of hydrogen-bond acceptors (Lipinski definition) is 6. The molecule has 1 fully saturated rings. The van der Waals surface area contributed by atoms with Gasteiger partial charge in [0, 0.05) is 18.5 Å². The number of likely N-dealkylation sites (tertiary alicyclic amines) is 1. The maximum absolute atomic E-state index is 13.6. The highest BCUT2D eigenvalue weighted by molar-refractivity contribution is 7.89. The number of carbonyl (C=O) groups is 1. The van der Waals surface area contributed by atoms with E-state index in [4.69, 9.17) is 4.74 Å². The predicted molar refractivity (Wildman–Crippen MR) is 121 cm³/mol. The molecule has 1 unspecified atom stereocenters. The number of fused-ring (bicyclic) bond motifs is 2. The Balaban J connectivity index is 1.56. The van der Waals surface area contributed by atoms with Crippen LogP contribution in [0.3, 0.4) is 0 Å². The van der Waals surface area contributed by atoms with Crippen molar-refractivity contribution in [3.05, 3.63) is 75.7 Å². The maximum Gasteiger partial charge on any atom is 0.257 e. The van der Waals surface area contributed by atoms with E-state index in [0.29, 0.717) is 29.2 Å². The molecule has 32 heavy (non-hydrogen) atoms. The van der Waals surface area contributed by atoms with E-state index in [9.17, 15) is 13.2 Å². The SMILES string of the molecule is COc1ccccc1C(=O)N1CCC2(C1)c1ccccc1S(=O)(=O)N2Cc1csc(C)n1. The summed E-state index contributed by atoms with van der Waals surface area (Å²) in [5, 5.41) is 2.79. The number of benzene rings is 2. The number of aromatic nitrogens is 1. The third-order valence-electron chi connectivity index (χ3n) is 6.28. The smallest absolute Gasteiger partial charge is 0.257 e. The lowest BCUT2D eigenvalue weighted by Crippen LogP contribution is -2.46. The summed E-state index contributed by atoms with van der Waals surface area (Å²) in [5.41, 5.74) is 1.13. The summed E-state index contributed by atoms with van der Waals surface area (Å²) in [4.78, 5) is 19.9. The molecule has 1 spiro atoms. The average molecular weight is 470 g/mol. The lowest BCUT2D eigenvalue weighted by atomic mass is 9.89. The lowest BCUT2D eigenvalue weighted by molar-refractivity contribution is 0.0759. The molecule has 2 aromatic carbocycles. The van der Waals surface area contributed by atoms with E-state index in [1.54, 1.807) is 39.5 Å². The monoisotopic (exact) mass is 469 g/mol. The van der Waals surface area contributed by atoms with Gasteiger partial charge in [-0.2, -0.15) is 4.31 Å². The van der Waals surface area contributed by atoms with Gasteiger partial charge in [-0.25, -0.2) is 13.4 Å². The van der Waals surface area contributed by atoms with Crippen molar-refractivity contribution in [3.63, 3.8) is 0 Å².